The first-order valence-corrected chi connectivity index (χ1v) is 6.31. The molecule has 0 aromatic carbocycles. The van der Waals surface area contributed by atoms with E-state index in [0.717, 1.165) is 0 Å². The topological polar surface area (TPSA) is 92.4 Å². The van der Waals surface area contributed by atoms with Gasteiger partial charge < -0.3 is 16.2 Å². The zero-order chi connectivity index (χ0) is 14.5. The Bertz CT molecular complexity index is 295. The number of aliphatic carboxylic acids is 1. The Balaban J connectivity index is 4.39. The summed E-state index contributed by atoms with van der Waals surface area (Å²) in [5.41, 5.74) is 5.72. The zero-order valence-electron chi connectivity index (χ0n) is 12.0. The molecule has 0 aliphatic heterocycles. The van der Waals surface area contributed by atoms with E-state index >= 15 is 0 Å². The van der Waals surface area contributed by atoms with Crippen LogP contribution in [0.25, 0.3) is 0 Å². The molecule has 106 valence electrons. The predicted molar refractivity (Wildman–Crippen MR) is 71.1 cm³/mol. The number of rotatable bonds is 6. The Morgan fingerprint density at radius 1 is 1.28 bits per heavy atom. The first-order valence-electron chi connectivity index (χ1n) is 6.31. The molecule has 0 rings (SSSR count). The number of carbonyl (C=O) groups excluding carboxylic acids is 1. The van der Waals surface area contributed by atoms with Gasteiger partial charge in [0, 0.05) is 12.5 Å². The molecular weight excluding hydrogens is 232 g/mol. The van der Waals surface area contributed by atoms with E-state index in [1.165, 1.54) is 0 Å². The second kappa shape index (κ2) is 6.73. The predicted octanol–water partition coefficient (Wildman–Crippen LogP) is 1.37. The molecule has 0 bridgehead atoms. The molecule has 0 fully saturated rings. The third-order valence-electron chi connectivity index (χ3n) is 2.86. The van der Waals surface area contributed by atoms with Crippen molar-refractivity contribution in [3.63, 3.8) is 0 Å². The molecule has 18 heavy (non-hydrogen) atoms. The van der Waals surface area contributed by atoms with Gasteiger partial charge in [-0.3, -0.25) is 4.79 Å². The SMILES string of the molecule is CC(C)CC(NC(=O)CC(N)C(C)(C)C)C(=O)O. The maximum Gasteiger partial charge on any atom is 0.326 e. The highest BCUT2D eigenvalue weighted by molar-refractivity contribution is 5.83. The van der Waals surface area contributed by atoms with E-state index in [1.807, 2.05) is 34.6 Å². The summed E-state index contributed by atoms with van der Waals surface area (Å²) in [7, 11) is 0. The standard InChI is InChI=1S/C13H26N2O3/c1-8(2)6-9(12(17)18)15-11(16)7-10(14)13(3,4)5/h8-10H,6-7,14H2,1-5H3,(H,15,16)(H,17,18). The number of nitrogens with one attached hydrogen (secondary N) is 1. The summed E-state index contributed by atoms with van der Waals surface area (Å²) >= 11 is 0. The fraction of sp³-hybridized carbons (Fsp3) is 0.846. The van der Waals surface area contributed by atoms with Crippen LogP contribution in [0.5, 0.6) is 0 Å². The summed E-state index contributed by atoms with van der Waals surface area (Å²) in [4.78, 5) is 22.7. The number of hydrogen-bond acceptors (Lipinski definition) is 3. The van der Waals surface area contributed by atoms with Gasteiger partial charge in [0.1, 0.15) is 6.04 Å². The van der Waals surface area contributed by atoms with Gasteiger partial charge in [0.05, 0.1) is 0 Å². The van der Waals surface area contributed by atoms with Gasteiger partial charge >= 0.3 is 5.97 Å². The highest BCUT2D eigenvalue weighted by Crippen LogP contribution is 2.19. The molecule has 0 radical (unpaired) electrons. The van der Waals surface area contributed by atoms with Crippen molar-refractivity contribution in [1.82, 2.24) is 5.32 Å². The Kier molecular flexibility index (Phi) is 6.32. The summed E-state index contributed by atoms with van der Waals surface area (Å²) < 4.78 is 0. The van der Waals surface area contributed by atoms with Crippen molar-refractivity contribution in [2.24, 2.45) is 17.1 Å². The average molecular weight is 258 g/mol. The van der Waals surface area contributed by atoms with Crippen LogP contribution >= 0.6 is 0 Å². The number of nitrogens with two attached hydrogens (primary N) is 1. The molecule has 5 nitrogen and oxygen atoms in total. The molecule has 0 saturated carbocycles. The fourth-order valence-corrected chi connectivity index (χ4v) is 1.45. The van der Waals surface area contributed by atoms with E-state index in [4.69, 9.17) is 10.8 Å². The number of carboxylic acids is 1. The molecule has 0 heterocycles. The summed E-state index contributed by atoms with van der Waals surface area (Å²) in [5, 5.41) is 11.6. The maximum absolute atomic E-state index is 11.7. The molecule has 0 aliphatic carbocycles. The van der Waals surface area contributed by atoms with E-state index in [-0.39, 0.29) is 29.7 Å². The van der Waals surface area contributed by atoms with E-state index < -0.39 is 12.0 Å². The van der Waals surface area contributed by atoms with Crippen molar-refractivity contribution in [2.75, 3.05) is 0 Å². The van der Waals surface area contributed by atoms with Gasteiger partial charge in [-0.1, -0.05) is 34.6 Å². The molecule has 2 unspecified atom stereocenters. The molecule has 0 aromatic rings. The maximum atomic E-state index is 11.7. The van der Waals surface area contributed by atoms with Gasteiger partial charge in [-0.15, -0.1) is 0 Å². The third-order valence-corrected chi connectivity index (χ3v) is 2.86. The van der Waals surface area contributed by atoms with Gasteiger partial charge in [0.25, 0.3) is 0 Å². The van der Waals surface area contributed by atoms with Gasteiger partial charge in [0.2, 0.25) is 5.91 Å². The normalized spacial score (nSPS) is 15.3. The lowest BCUT2D eigenvalue weighted by molar-refractivity contribution is -0.142. The van der Waals surface area contributed by atoms with Crippen LogP contribution in [0.2, 0.25) is 0 Å². The molecule has 0 aromatic heterocycles. The Hall–Kier alpha value is -1.10. The number of hydrogen-bond donors (Lipinski definition) is 3. The van der Waals surface area contributed by atoms with Crippen LogP contribution in [0.1, 0.15) is 47.5 Å². The highest BCUT2D eigenvalue weighted by atomic mass is 16.4. The van der Waals surface area contributed by atoms with Crippen LogP contribution in [0.15, 0.2) is 0 Å². The molecular formula is C13H26N2O3. The van der Waals surface area contributed by atoms with Crippen LogP contribution in [0, 0.1) is 11.3 Å². The van der Waals surface area contributed by atoms with Gasteiger partial charge in [0.15, 0.2) is 0 Å². The lowest BCUT2D eigenvalue weighted by Crippen LogP contribution is -2.46. The Labute approximate surface area is 109 Å². The van der Waals surface area contributed by atoms with E-state index in [1.54, 1.807) is 0 Å². The third kappa shape index (κ3) is 6.59. The van der Waals surface area contributed by atoms with Gasteiger partial charge in [-0.05, 0) is 17.8 Å². The van der Waals surface area contributed by atoms with Crippen LogP contribution < -0.4 is 11.1 Å². The first kappa shape index (κ1) is 16.9. The lowest BCUT2D eigenvalue weighted by Gasteiger charge is -2.27. The molecule has 0 aliphatic rings. The van der Waals surface area contributed by atoms with Crippen molar-refractivity contribution in [3.05, 3.63) is 0 Å². The molecule has 2 atom stereocenters. The number of carbonyl (C=O) groups is 2. The van der Waals surface area contributed by atoms with Crippen molar-refractivity contribution in [2.45, 2.75) is 59.5 Å². The summed E-state index contributed by atoms with van der Waals surface area (Å²) in [6, 6.07) is -1.12. The lowest BCUT2D eigenvalue weighted by atomic mass is 9.85. The molecule has 0 saturated heterocycles. The van der Waals surface area contributed by atoms with E-state index in [2.05, 4.69) is 5.32 Å². The fourth-order valence-electron chi connectivity index (χ4n) is 1.45. The largest absolute Gasteiger partial charge is 0.480 e. The summed E-state index contributed by atoms with van der Waals surface area (Å²) in [6.07, 6.45) is 0.567. The minimum absolute atomic E-state index is 0.144. The van der Waals surface area contributed by atoms with Crippen molar-refractivity contribution in [1.29, 1.82) is 0 Å². The second-order valence-corrected chi connectivity index (χ2v) is 6.26. The monoisotopic (exact) mass is 258 g/mol. The smallest absolute Gasteiger partial charge is 0.326 e. The first-order chi connectivity index (χ1) is 8.04. The molecule has 5 heteroatoms. The number of carboxylic acid groups (broad SMARTS) is 1. The van der Waals surface area contributed by atoms with Crippen molar-refractivity contribution >= 4 is 11.9 Å². The zero-order valence-corrected chi connectivity index (χ0v) is 12.0. The van der Waals surface area contributed by atoms with Crippen LogP contribution in [0.4, 0.5) is 0 Å². The van der Waals surface area contributed by atoms with Gasteiger partial charge in [-0.2, -0.15) is 0 Å². The van der Waals surface area contributed by atoms with Gasteiger partial charge in [-0.25, -0.2) is 4.79 Å². The minimum atomic E-state index is -0.999. The molecule has 1 amide bonds. The Morgan fingerprint density at radius 2 is 1.78 bits per heavy atom. The summed E-state index contributed by atoms with van der Waals surface area (Å²) in [5.74, 6) is -1.09. The number of amides is 1. The van der Waals surface area contributed by atoms with Crippen molar-refractivity contribution < 1.29 is 14.7 Å². The molecule has 0 spiro atoms. The van der Waals surface area contributed by atoms with E-state index in [9.17, 15) is 9.59 Å². The van der Waals surface area contributed by atoms with Crippen molar-refractivity contribution in [3.8, 4) is 0 Å². The Morgan fingerprint density at radius 3 is 2.11 bits per heavy atom. The van der Waals surface area contributed by atoms with Crippen LogP contribution in [-0.2, 0) is 9.59 Å². The average Bonchev–Trinajstić information content (AvgIpc) is 2.13. The molecule has 4 N–H and O–H groups in total. The minimum Gasteiger partial charge on any atom is -0.480 e. The second-order valence-electron chi connectivity index (χ2n) is 6.26. The van der Waals surface area contributed by atoms with Crippen LogP contribution in [0.3, 0.4) is 0 Å². The highest BCUT2D eigenvalue weighted by Gasteiger charge is 2.26. The van der Waals surface area contributed by atoms with Crippen LogP contribution in [-0.4, -0.2) is 29.1 Å². The quantitative estimate of drug-likeness (QED) is 0.671. The van der Waals surface area contributed by atoms with E-state index in [0.29, 0.717) is 6.42 Å². The summed E-state index contributed by atoms with van der Waals surface area (Å²) in [6.45, 7) is 9.70.